The molecule has 0 aliphatic rings. The topological polar surface area (TPSA) is 60.6 Å². The Balaban J connectivity index is 2.00. The van der Waals surface area contributed by atoms with E-state index in [2.05, 4.69) is 10.4 Å². The molecule has 1 atom stereocenters. The van der Waals surface area contributed by atoms with E-state index >= 15 is 0 Å². The molecular formula is C12H18N4O2. The summed E-state index contributed by atoms with van der Waals surface area (Å²) in [5.41, 5.74) is 0.569. The van der Waals surface area contributed by atoms with Gasteiger partial charge in [0.25, 0.3) is 0 Å². The van der Waals surface area contributed by atoms with Gasteiger partial charge in [-0.15, -0.1) is 5.10 Å². The Morgan fingerprint density at radius 2 is 2.33 bits per heavy atom. The van der Waals surface area contributed by atoms with Crippen LogP contribution in [0.1, 0.15) is 6.92 Å². The summed E-state index contributed by atoms with van der Waals surface area (Å²) in [6, 6.07) is 5.77. The number of hydrogen-bond donors (Lipinski definition) is 1. The van der Waals surface area contributed by atoms with Crippen molar-refractivity contribution in [2.75, 3.05) is 20.3 Å². The minimum atomic E-state index is -0.105. The number of nitrogens with one attached hydrogen (secondary N) is 1. The lowest BCUT2D eigenvalue weighted by Crippen LogP contribution is -2.34. The zero-order valence-corrected chi connectivity index (χ0v) is 10.7. The summed E-state index contributed by atoms with van der Waals surface area (Å²) < 4.78 is 8.04. The maximum absolute atomic E-state index is 11.9. The molecule has 2 heterocycles. The Morgan fingerprint density at radius 3 is 3.06 bits per heavy atom. The number of aromatic nitrogens is 3. The maximum Gasteiger partial charge on any atom is 0.350 e. The van der Waals surface area contributed by atoms with Crippen molar-refractivity contribution in [1.29, 1.82) is 0 Å². The molecule has 0 bridgehead atoms. The molecule has 2 rings (SSSR count). The molecule has 0 saturated heterocycles. The van der Waals surface area contributed by atoms with Crippen LogP contribution in [0.2, 0.25) is 0 Å². The van der Waals surface area contributed by atoms with Crippen LogP contribution in [0.15, 0.2) is 29.2 Å². The lowest BCUT2D eigenvalue weighted by Gasteiger charge is -2.11. The monoisotopic (exact) mass is 250 g/mol. The summed E-state index contributed by atoms with van der Waals surface area (Å²) >= 11 is 0. The summed E-state index contributed by atoms with van der Waals surface area (Å²) in [6.45, 7) is 3.93. The SMILES string of the molecule is COCC(C)NCCn1nc2ccccn2c1=O. The summed E-state index contributed by atoms with van der Waals surface area (Å²) in [5.74, 6) is 0. The summed E-state index contributed by atoms with van der Waals surface area (Å²) in [7, 11) is 1.67. The lowest BCUT2D eigenvalue weighted by molar-refractivity contribution is 0.171. The number of pyridine rings is 1. The van der Waals surface area contributed by atoms with E-state index in [1.165, 1.54) is 4.68 Å². The van der Waals surface area contributed by atoms with Gasteiger partial charge in [-0.25, -0.2) is 9.48 Å². The van der Waals surface area contributed by atoms with Crippen molar-refractivity contribution in [3.05, 3.63) is 34.9 Å². The van der Waals surface area contributed by atoms with Crippen molar-refractivity contribution >= 4 is 5.65 Å². The van der Waals surface area contributed by atoms with E-state index in [0.29, 0.717) is 25.3 Å². The molecule has 0 fully saturated rings. The highest BCUT2D eigenvalue weighted by atomic mass is 16.5. The van der Waals surface area contributed by atoms with Crippen molar-refractivity contribution in [1.82, 2.24) is 19.5 Å². The van der Waals surface area contributed by atoms with E-state index in [9.17, 15) is 4.79 Å². The average molecular weight is 250 g/mol. The Bertz CT molecular complexity index is 560. The molecule has 18 heavy (non-hydrogen) atoms. The third-order valence-electron chi connectivity index (χ3n) is 2.72. The van der Waals surface area contributed by atoms with Gasteiger partial charge in [0.1, 0.15) is 0 Å². The number of methoxy groups -OCH3 is 1. The van der Waals surface area contributed by atoms with Gasteiger partial charge in [0.05, 0.1) is 13.2 Å². The fourth-order valence-corrected chi connectivity index (χ4v) is 1.84. The zero-order valence-electron chi connectivity index (χ0n) is 10.7. The minimum Gasteiger partial charge on any atom is -0.383 e. The average Bonchev–Trinajstić information content (AvgIpc) is 2.68. The van der Waals surface area contributed by atoms with E-state index < -0.39 is 0 Å². The predicted molar refractivity (Wildman–Crippen MR) is 68.8 cm³/mol. The molecule has 0 aromatic carbocycles. The molecule has 1 N–H and O–H groups in total. The molecule has 6 nitrogen and oxygen atoms in total. The Kier molecular flexibility index (Phi) is 4.11. The van der Waals surface area contributed by atoms with Crippen LogP contribution in [0.25, 0.3) is 5.65 Å². The summed E-state index contributed by atoms with van der Waals surface area (Å²) in [4.78, 5) is 11.9. The van der Waals surface area contributed by atoms with Gasteiger partial charge < -0.3 is 10.1 Å². The minimum absolute atomic E-state index is 0.105. The van der Waals surface area contributed by atoms with Crippen LogP contribution in [0.3, 0.4) is 0 Å². The maximum atomic E-state index is 11.9. The van der Waals surface area contributed by atoms with E-state index in [4.69, 9.17) is 4.74 Å². The van der Waals surface area contributed by atoms with E-state index in [0.717, 1.165) is 0 Å². The molecule has 0 spiro atoms. The normalized spacial score (nSPS) is 13.0. The number of fused-ring (bicyclic) bond motifs is 1. The highest BCUT2D eigenvalue weighted by Crippen LogP contribution is 1.94. The van der Waals surface area contributed by atoms with E-state index in [1.54, 1.807) is 17.7 Å². The molecule has 2 aromatic heterocycles. The van der Waals surface area contributed by atoms with Crippen LogP contribution in [-0.2, 0) is 11.3 Å². The van der Waals surface area contributed by atoms with E-state index in [1.807, 2.05) is 25.1 Å². The quantitative estimate of drug-likeness (QED) is 0.791. The van der Waals surface area contributed by atoms with Crippen molar-refractivity contribution in [2.45, 2.75) is 19.5 Å². The summed E-state index contributed by atoms with van der Waals surface area (Å²) in [6.07, 6.45) is 1.72. The van der Waals surface area contributed by atoms with Gasteiger partial charge in [-0.2, -0.15) is 0 Å². The Morgan fingerprint density at radius 1 is 1.50 bits per heavy atom. The Labute approximate surface area is 105 Å². The molecule has 0 saturated carbocycles. The third-order valence-corrected chi connectivity index (χ3v) is 2.72. The second kappa shape index (κ2) is 5.79. The first kappa shape index (κ1) is 12.8. The lowest BCUT2D eigenvalue weighted by atomic mass is 10.3. The second-order valence-electron chi connectivity index (χ2n) is 4.25. The van der Waals surface area contributed by atoms with Crippen molar-refractivity contribution in [3.63, 3.8) is 0 Å². The molecule has 0 aliphatic carbocycles. The molecule has 6 heteroatoms. The molecule has 98 valence electrons. The van der Waals surface area contributed by atoms with Crippen molar-refractivity contribution in [2.24, 2.45) is 0 Å². The van der Waals surface area contributed by atoms with Gasteiger partial charge in [0, 0.05) is 25.9 Å². The third kappa shape index (κ3) is 2.77. The molecular weight excluding hydrogens is 232 g/mol. The fraction of sp³-hybridized carbons (Fsp3) is 0.500. The first-order valence-corrected chi connectivity index (χ1v) is 5.99. The van der Waals surface area contributed by atoms with Crippen LogP contribution in [0.5, 0.6) is 0 Å². The summed E-state index contributed by atoms with van der Waals surface area (Å²) in [5, 5.41) is 7.52. The molecule has 0 amide bonds. The van der Waals surface area contributed by atoms with Gasteiger partial charge >= 0.3 is 5.69 Å². The van der Waals surface area contributed by atoms with Gasteiger partial charge in [0.15, 0.2) is 5.65 Å². The van der Waals surface area contributed by atoms with Crippen molar-refractivity contribution in [3.8, 4) is 0 Å². The first-order chi connectivity index (χ1) is 8.72. The number of rotatable bonds is 6. The van der Waals surface area contributed by atoms with Crippen LogP contribution in [0.4, 0.5) is 0 Å². The van der Waals surface area contributed by atoms with Gasteiger partial charge in [-0.05, 0) is 19.1 Å². The molecule has 0 aliphatic heterocycles. The largest absolute Gasteiger partial charge is 0.383 e. The van der Waals surface area contributed by atoms with Crippen LogP contribution in [-0.4, -0.2) is 40.5 Å². The van der Waals surface area contributed by atoms with Crippen LogP contribution >= 0.6 is 0 Å². The van der Waals surface area contributed by atoms with Gasteiger partial charge in [-0.3, -0.25) is 4.40 Å². The Hall–Kier alpha value is -1.66. The fourth-order valence-electron chi connectivity index (χ4n) is 1.84. The van der Waals surface area contributed by atoms with Crippen molar-refractivity contribution < 1.29 is 4.74 Å². The molecule has 0 radical (unpaired) electrons. The van der Waals surface area contributed by atoms with Crippen LogP contribution < -0.4 is 11.0 Å². The molecule has 2 aromatic rings. The molecule has 1 unspecified atom stereocenters. The number of ether oxygens (including phenoxy) is 1. The standard InChI is InChI=1S/C12H18N4O2/c1-10(9-18-2)13-6-8-16-12(17)15-7-4-3-5-11(15)14-16/h3-5,7,10,13H,6,8-9H2,1-2H3. The highest BCUT2D eigenvalue weighted by Gasteiger charge is 2.06. The second-order valence-corrected chi connectivity index (χ2v) is 4.25. The highest BCUT2D eigenvalue weighted by molar-refractivity contribution is 5.35. The predicted octanol–water partition coefficient (Wildman–Crippen LogP) is 0.120. The zero-order chi connectivity index (χ0) is 13.0. The number of nitrogens with zero attached hydrogens (tertiary/aromatic N) is 3. The van der Waals surface area contributed by atoms with Gasteiger partial charge in [0.2, 0.25) is 0 Å². The van der Waals surface area contributed by atoms with E-state index in [-0.39, 0.29) is 11.7 Å². The number of hydrogen-bond acceptors (Lipinski definition) is 4. The van der Waals surface area contributed by atoms with Crippen LogP contribution in [0, 0.1) is 0 Å². The first-order valence-electron chi connectivity index (χ1n) is 5.99. The smallest absolute Gasteiger partial charge is 0.350 e. The van der Waals surface area contributed by atoms with Gasteiger partial charge in [-0.1, -0.05) is 6.07 Å².